The first kappa shape index (κ1) is 9.31. The summed E-state index contributed by atoms with van der Waals surface area (Å²) in [5.41, 5.74) is 1.38. The first-order valence-corrected chi connectivity index (χ1v) is 4.83. The Bertz CT molecular complexity index is 180. The third kappa shape index (κ3) is 2.37. The lowest BCUT2D eigenvalue weighted by Gasteiger charge is -2.22. The Labute approximate surface area is 75.7 Å². The summed E-state index contributed by atoms with van der Waals surface area (Å²) < 4.78 is 0. The quantitative estimate of drug-likeness (QED) is 0.553. The van der Waals surface area contributed by atoms with Crippen LogP contribution in [-0.4, -0.2) is 0 Å². The second-order valence-electron chi connectivity index (χ2n) is 3.44. The highest BCUT2D eigenvalue weighted by Crippen LogP contribution is 2.29. The fourth-order valence-corrected chi connectivity index (χ4v) is 1.94. The van der Waals surface area contributed by atoms with Gasteiger partial charge in [0.15, 0.2) is 0 Å². The fraction of sp³-hybridized carbons (Fsp3) is 0.500. The molecule has 0 atom stereocenters. The van der Waals surface area contributed by atoms with Crippen molar-refractivity contribution in [3.63, 3.8) is 0 Å². The maximum atomic E-state index is 3.84. The molecule has 0 nitrogen and oxygen atoms in total. The lowest BCUT2D eigenvalue weighted by atomic mass is 9.83. The van der Waals surface area contributed by atoms with E-state index < -0.39 is 0 Å². The first-order chi connectivity index (χ1) is 5.88. The molecule has 12 heavy (non-hydrogen) atoms. The summed E-state index contributed by atoms with van der Waals surface area (Å²) in [5, 5.41) is 0. The number of rotatable bonds is 3. The molecule has 0 saturated heterocycles. The molecule has 0 aliphatic heterocycles. The van der Waals surface area contributed by atoms with Crippen LogP contribution in [0.25, 0.3) is 0 Å². The van der Waals surface area contributed by atoms with E-state index in [0.29, 0.717) is 0 Å². The van der Waals surface area contributed by atoms with E-state index in [1.807, 2.05) is 12.2 Å². The molecular weight excluding hydrogens is 144 g/mol. The van der Waals surface area contributed by atoms with Crippen molar-refractivity contribution in [2.24, 2.45) is 5.92 Å². The van der Waals surface area contributed by atoms with E-state index in [4.69, 9.17) is 0 Å². The Morgan fingerprint density at radius 2 is 1.75 bits per heavy atom. The van der Waals surface area contributed by atoms with Crippen LogP contribution in [0.1, 0.15) is 32.1 Å². The zero-order valence-corrected chi connectivity index (χ0v) is 7.76. The summed E-state index contributed by atoms with van der Waals surface area (Å²) in [5.74, 6) is 0.759. The molecule has 0 heterocycles. The van der Waals surface area contributed by atoms with E-state index in [9.17, 15) is 0 Å². The third-order valence-electron chi connectivity index (χ3n) is 2.62. The number of hydrogen-bond donors (Lipinski definition) is 0. The SMILES string of the molecule is C=CC=C(C=C)C1CCCCC1. The van der Waals surface area contributed by atoms with Crippen molar-refractivity contribution in [1.29, 1.82) is 0 Å². The van der Waals surface area contributed by atoms with Crippen LogP contribution in [0.2, 0.25) is 0 Å². The van der Waals surface area contributed by atoms with Gasteiger partial charge in [-0.15, -0.1) is 0 Å². The van der Waals surface area contributed by atoms with Gasteiger partial charge in [-0.05, 0) is 24.3 Å². The van der Waals surface area contributed by atoms with Gasteiger partial charge in [0, 0.05) is 0 Å². The summed E-state index contributed by atoms with van der Waals surface area (Å²) >= 11 is 0. The molecule has 0 heteroatoms. The molecule has 0 N–H and O–H groups in total. The molecule has 1 rings (SSSR count). The second kappa shape index (κ2) is 4.97. The van der Waals surface area contributed by atoms with E-state index in [1.165, 1.54) is 37.7 Å². The smallest absolute Gasteiger partial charge is 0.0162 e. The number of hydrogen-bond acceptors (Lipinski definition) is 0. The van der Waals surface area contributed by atoms with Crippen LogP contribution >= 0.6 is 0 Å². The molecule has 0 unspecified atom stereocenters. The molecule has 0 radical (unpaired) electrons. The molecule has 1 saturated carbocycles. The van der Waals surface area contributed by atoms with E-state index in [-0.39, 0.29) is 0 Å². The molecular formula is C12H18. The van der Waals surface area contributed by atoms with Gasteiger partial charge < -0.3 is 0 Å². The lowest BCUT2D eigenvalue weighted by molar-refractivity contribution is 0.408. The molecule has 0 bridgehead atoms. The summed E-state index contributed by atoms with van der Waals surface area (Å²) in [6.07, 6.45) is 12.8. The average molecular weight is 162 g/mol. The Morgan fingerprint density at radius 1 is 1.08 bits per heavy atom. The van der Waals surface area contributed by atoms with Gasteiger partial charge >= 0.3 is 0 Å². The van der Waals surface area contributed by atoms with Crippen LogP contribution in [0, 0.1) is 5.92 Å². The van der Waals surface area contributed by atoms with Crippen molar-refractivity contribution >= 4 is 0 Å². The summed E-state index contributed by atoms with van der Waals surface area (Å²) in [6, 6.07) is 0. The summed E-state index contributed by atoms with van der Waals surface area (Å²) in [4.78, 5) is 0. The van der Waals surface area contributed by atoms with Crippen molar-refractivity contribution in [2.75, 3.05) is 0 Å². The van der Waals surface area contributed by atoms with Gasteiger partial charge in [-0.2, -0.15) is 0 Å². The van der Waals surface area contributed by atoms with Crippen molar-refractivity contribution < 1.29 is 0 Å². The lowest BCUT2D eigenvalue weighted by Crippen LogP contribution is -2.07. The minimum absolute atomic E-state index is 0.759. The van der Waals surface area contributed by atoms with Gasteiger partial charge in [0.2, 0.25) is 0 Å². The Kier molecular flexibility index (Phi) is 3.86. The minimum Gasteiger partial charge on any atom is -0.0991 e. The zero-order valence-electron chi connectivity index (χ0n) is 7.76. The first-order valence-electron chi connectivity index (χ1n) is 4.83. The standard InChI is InChI=1S/C12H18/c1-3-8-11(4-2)12-9-6-5-7-10-12/h3-4,8,12H,1-2,5-7,9-10H2. The van der Waals surface area contributed by atoms with Crippen molar-refractivity contribution in [2.45, 2.75) is 32.1 Å². The summed E-state index contributed by atoms with van der Waals surface area (Å²) in [6.45, 7) is 7.56. The molecule has 1 fully saturated rings. The van der Waals surface area contributed by atoms with Gasteiger partial charge in [0.1, 0.15) is 0 Å². The van der Waals surface area contributed by atoms with E-state index in [1.54, 1.807) is 0 Å². The molecule has 0 aromatic carbocycles. The van der Waals surface area contributed by atoms with Crippen LogP contribution < -0.4 is 0 Å². The Morgan fingerprint density at radius 3 is 2.25 bits per heavy atom. The van der Waals surface area contributed by atoms with Crippen molar-refractivity contribution in [3.8, 4) is 0 Å². The van der Waals surface area contributed by atoms with Crippen LogP contribution in [0.15, 0.2) is 37.0 Å². The highest BCUT2D eigenvalue weighted by Gasteiger charge is 2.14. The Hall–Kier alpha value is -0.780. The third-order valence-corrected chi connectivity index (χ3v) is 2.62. The van der Waals surface area contributed by atoms with Crippen molar-refractivity contribution in [1.82, 2.24) is 0 Å². The average Bonchev–Trinajstić information content (AvgIpc) is 2.15. The molecule has 1 aliphatic carbocycles. The van der Waals surface area contributed by atoms with Gasteiger partial charge in [-0.3, -0.25) is 0 Å². The van der Waals surface area contributed by atoms with Gasteiger partial charge in [-0.25, -0.2) is 0 Å². The van der Waals surface area contributed by atoms with Crippen molar-refractivity contribution in [3.05, 3.63) is 37.0 Å². The maximum absolute atomic E-state index is 3.84. The molecule has 66 valence electrons. The Balaban J connectivity index is 2.57. The highest BCUT2D eigenvalue weighted by atomic mass is 14.2. The zero-order chi connectivity index (χ0) is 8.81. The normalized spacial score (nSPS) is 20.5. The van der Waals surface area contributed by atoms with E-state index >= 15 is 0 Å². The van der Waals surface area contributed by atoms with Crippen LogP contribution in [-0.2, 0) is 0 Å². The fourth-order valence-electron chi connectivity index (χ4n) is 1.94. The monoisotopic (exact) mass is 162 g/mol. The summed E-state index contributed by atoms with van der Waals surface area (Å²) in [7, 11) is 0. The van der Waals surface area contributed by atoms with Crippen LogP contribution in [0.5, 0.6) is 0 Å². The maximum Gasteiger partial charge on any atom is -0.0162 e. The van der Waals surface area contributed by atoms with E-state index in [2.05, 4.69) is 19.2 Å². The molecule has 0 aromatic heterocycles. The van der Waals surface area contributed by atoms with Gasteiger partial charge in [0.05, 0.1) is 0 Å². The van der Waals surface area contributed by atoms with Gasteiger partial charge in [0.25, 0.3) is 0 Å². The van der Waals surface area contributed by atoms with Gasteiger partial charge in [-0.1, -0.05) is 50.6 Å². The second-order valence-corrected chi connectivity index (χ2v) is 3.44. The van der Waals surface area contributed by atoms with E-state index in [0.717, 1.165) is 5.92 Å². The highest BCUT2D eigenvalue weighted by molar-refractivity contribution is 5.24. The largest absolute Gasteiger partial charge is 0.0991 e. The molecule has 1 aliphatic rings. The molecule has 0 amide bonds. The molecule has 0 spiro atoms. The predicted octanol–water partition coefficient (Wildman–Crippen LogP) is 3.87. The topological polar surface area (TPSA) is 0 Å². The minimum atomic E-state index is 0.759. The van der Waals surface area contributed by atoms with Crippen LogP contribution in [0.3, 0.4) is 0 Å². The predicted molar refractivity (Wildman–Crippen MR) is 55.1 cm³/mol. The van der Waals surface area contributed by atoms with Crippen LogP contribution in [0.4, 0.5) is 0 Å². The molecule has 0 aromatic rings. The number of allylic oxidation sites excluding steroid dienone is 4.